The van der Waals surface area contributed by atoms with Crippen LogP contribution in [0.5, 0.6) is 0 Å². The van der Waals surface area contributed by atoms with Crippen LogP contribution in [-0.4, -0.2) is 22.0 Å². The third kappa shape index (κ3) is 2.30. The van der Waals surface area contributed by atoms with Crippen LogP contribution in [-0.2, 0) is 6.54 Å². The van der Waals surface area contributed by atoms with Crippen LogP contribution in [0, 0.1) is 0 Å². The van der Waals surface area contributed by atoms with Gasteiger partial charge in [0.25, 0.3) is 5.91 Å². The molecule has 0 bridgehead atoms. The van der Waals surface area contributed by atoms with Gasteiger partial charge in [-0.2, -0.15) is 0 Å². The Morgan fingerprint density at radius 3 is 2.27 bits per heavy atom. The maximum absolute atomic E-state index is 13.0. The fraction of sp³-hybridized carbons (Fsp3) is 0.0909. The number of hydrogen-bond acceptors (Lipinski definition) is 2. The van der Waals surface area contributed by atoms with Crippen molar-refractivity contribution in [3.05, 3.63) is 84.4 Å². The van der Waals surface area contributed by atoms with Gasteiger partial charge in [0.1, 0.15) is 0 Å². The van der Waals surface area contributed by atoms with Gasteiger partial charge in [0.05, 0.1) is 11.0 Å². The van der Waals surface area contributed by atoms with E-state index in [2.05, 4.69) is 27.8 Å². The molecular weight excluding hydrogens is 322 g/mol. The van der Waals surface area contributed by atoms with Gasteiger partial charge in [0, 0.05) is 18.7 Å². The van der Waals surface area contributed by atoms with Gasteiger partial charge in [-0.25, -0.2) is 4.98 Å². The van der Waals surface area contributed by atoms with Crippen LogP contribution in [0.1, 0.15) is 10.4 Å². The van der Waals surface area contributed by atoms with Crippen molar-refractivity contribution in [3.8, 4) is 11.1 Å². The zero-order valence-electron chi connectivity index (χ0n) is 14.2. The molecule has 26 heavy (non-hydrogen) atoms. The maximum atomic E-state index is 13.0. The smallest absolute Gasteiger partial charge is 0.260 e. The SMILES string of the molecule is O=C(c1ccc(-c2ccccc2)cc1)N1CCn2c1nc1ccccc12. The summed E-state index contributed by atoms with van der Waals surface area (Å²) in [4.78, 5) is 19.4. The van der Waals surface area contributed by atoms with E-state index in [-0.39, 0.29) is 5.91 Å². The van der Waals surface area contributed by atoms with Gasteiger partial charge < -0.3 is 4.57 Å². The third-order valence-corrected chi connectivity index (χ3v) is 4.91. The number of carbonyl (C=O) groups excluding carboxylic acids is 1. The Hall–Kier alpha value is -3.40. The zero-order valence-corrected chi connectivity index (χ0v) is 14.2. The number of hydrogen-bond donors (Lipinski definition) is 0. The molecule has 0 saturated heterocycles. The lowest BCUT2D eigenvalue weighted by atomic mass is 10.0. The molecule has 0 fully saturated rings. The Kier molecular flexibility index (Phi) is 3.35. The fourth-order valence-corrected chi connectivity index (χ4v) is 3.57. The maximum Gasteiger partial charge on any atom is 0.260 e. The number of nitrogens with zero attached hydrogens (tertiary/aromatic N) is 3. The highest BCUT2D eigenvalue weighted by Crippen LogP contribution is 2.28. The first-order valence-electron chi connectivity index (χ1n) is 8.74. The Morgan fingerprint density at radius 2 is 1.46 bits per heavy atom. The van der Waals surface area contributed by atoms with Crippen molar-refractivity contribution in [2.75, 3.05) is 11.4 Å². The summed E-state index contributed by atoms with van der Waals surface area (Å²) in [6.45, 7) is 1.44. The average molecular weight is 339 g/mol. The van der Waals surface area contributed by atoms with Gasteiger partial charge in [-0.3, -0.25) is 9.69 Å². The molecule has 126 valence electrons. The highest BCUT2D eigenvalue weighted by Gasteiger charge is 2.28. The summed E-state index contributed by atoms with van der Waals surface area (Å²) >= 11 is 0. The number of amides is 1. The van der Waals surface area contributed by atoms with Crippen molar-refractivity contribution >= 4 is 22.9 Å². The minimum absolute atomic E-state index is 0.00123. The second kappa shape index (κ2) is 5.85. The molecular formula is C22H17N3O. The lowest BCUT2D eigenvalue weighted by molar-refractivity contribution is 0.0989. The summed E-state index contributed by atoms with van der Waals surface area (Å²) in [6, 6.07) is 26.0. The standard InChI is InChI=1S/C22H17N3O/c26-21(18-12-10-17(11-13-18)16-6-2-1-3-7-16)25-15-14-24-20-9-5-4-8-19(20)23-22(24)25/h1-13H,14-15H2. The number of rotatable bonds is 2. The van der Waals surface area contributed by atoms with Gasteiger partial charge in [0.2, 0.25) is 5.95 Å². The molecule has 1 aliphatic rings. The van der Waals surface area contributed by atoms with Gasteiger partial charge in [-0.15, -0.1) is 0 Å². The quantitative estimate of drug-likeness (QED) is 0.544. The number of imidazole rings is 1. The first kappa shape index (κ1) is 14.9. The Balaban J connectivity index is 1.46. The summed E-state index contributed by atoms with van der Waals surface area (Å²) in [5, 5.41) is 0. The Bertz CT molecular complexity index is 1100. The van der Waals surface area contributed by atoms with Crippen molar-refractivity contribution in [3.63, 3.8) is 0 Å². The fourth-order valence-electron chi connectivity index (χ4n) is 3.57. The monoisotopic (exact) mass is 339 g/mol. The Labute approximate surface area is 151 Å². The molecule has 3 aromatic carbocycles. The highest BCUT2D eigenvalue weighted by molar-refractivity contribution is 6.06. The van der Waals surface area contributed by atoms with Crippen LogP contribution in [0.4, 0.5) is 5.95 Å². The number of fused-ring (bicyclic) bond motifs is 3. The molecule has 4 aromatic rings. The minimum atomic E-state index is -0.00123. The number of benzene rings is 3. The first-order chi connectivity index (χ1) is 12.8. The topological polar surface area (TPSA) is 38.1 Å². The summed E-state index contributed by atoms with van der Waals surface area (Å²) < 4.78 is 2.12. The molecule has 0 saturated carbocycles. The lowest BCUT2D eigenvalue weighted by Crippen LogP contribution is -2.29. The van der Waals surface area contributed by atoms with Crippen LogP contribution >= 0.6 is 0 Å². The molecule has 4 heteroatoms. The van der Waals surface area contributed by atoms with E-state index in [0.29, 0.717) is 12.1 Å². The summed E-state index contributed by atoms with van der Waals surface area (Å²) in [5.74, 6) is 0.738. The lowest BCUT2D eigenvalue weighted by Gasteiger charge is -2.14. The normalized spacial score (nSPS) is 13.2. The number of carbonyl (C=O) groups is 1. The average Bonchev–Trinajstić information content (AvgIpc) is 3.27. The molecule has 2 heterocycles. The second-order valence-electron chi connectivity index (χ2n) is 6.45. The van der Waals surface area contributed by atoms with Crippen molar-refractivity contribution in [1.29, 1.82) is 0 Å². The molecule has 4 nitrogen and oxygen atoms in total. The number of anilines is 1. The summed E-state index contributed by atoms with van der Waals surface area (Å²) in [6.07, 6.45) is 0. The van der Waals surface area contributed by atoms with Crippen molar-refractivity contribution in [2.45, 2.75) is 6.54 Å². The van der Waals surface area contributed by atoms with E-state index in [4.69, 9.17) is 0 Å². The van der Waals surface area contributed by atoms with E-state index in [1.54, 1.807) is 4.90 Å². The molecule has 0 atom stereocenters. The number of para-hydroxylation sites is 2. The van der Waals surface area contributed by atoms with E-state index in [0.717, 1.165) is 34.7 Å². The first-order valence-corrected chi connectivity index (χ1v) is 8.74. The van der Waals surface area contributed by atoms with Crippen molar-refractivity contribution in [2.24, 2.45) is 0 Å². The molecule has 5 rings (SSSR count). The largest absolute Gasteiger partial charge is 0.308 e. The van der Waals surface area contributed by atoms with Crippen LogP contribution in [0.2, 0.25) is 0 Å². The molecule has 0 N–H and O–H groups in total. The predicted octanol–water partition coefficient (Wildman–Crippen LogP) is 4.36. The van der Waals surface area contributed by atoms with Gasteiger partial charge in [0.15, 0.2) is 0 Å². The minimum Gasteiger partial charge on any atom is -0.308 e. The summed E-state index contributed by atoms with van der Waals surface area (Å²) in [5.41, 5.74) is 4.95. The molecule has 0 spiro atoms. The number of aromatic nitrogens is 2. The molecule has 0 aliphatic carbocycles. The Morgan fingerprint density at radius 1 is 0.769 bits per heavy atom. The van der Waals surface area contributed by atoms with Crippen molar-refractivity contribution in [1.82, 2.24) is 9.55 Å². The predicted molar refractivity (Wildman–Crippen MR) is 103 cm³/mol. The van der Waals surface area contributed by atoms with E-state index < -0.39 is 0 Å². The molecule has 0 radical (unpaired) electrons. The highest BCUT2D eigenvalue weighted by atomic mass is 16.2. The summed E-state index contributed by atoms with van der Waals surface area (Å²) in [7, 11) is 0. The van der Waals surface area contributed by atoms with Crippen LogP contribution < -0.4 is 4.90 Å². The molecule has 0 unspecified atom stereocenters. The second-order valence-corrected chi connectivity index (χ2v) is 6.45. The van der Waals surface area contributed by atoms with Crippen molar-refractivity contribution < 1.29 is 4.79 Å². The van der Waals surface area contributed by atoms with Gasteiger partial charge in [-0.1, -0.05) is 54.6 Å². The van der Waals surface area contributed by atoms with Crippen LogP contribution in [0.15, 0.2) is 78.9 Å². The van der Waals surface area contributed by atoms with E-state index in [1.165, 1.54) is 0 Å². The molecule has 1 amide bonds. The van der Waals surface area contributed by atoms with Gasteiger partial charge >= 0.3 is 0 Å². The van der Waals surface area contributed by atoms with E-state index >= 15 is 0 Å². The van der Waals surface area contributed by atoms with Crippen LogP contribution in [0.3, 0.4) is 0 Å². The van der Waals surface area contributed by atoms with E-state index in [1.807, 2.05) is 60.7 Å². The van der Waals surface area contributed by atoms with Crippen LogP contribution in [0.25, 0.3) is 22.2 Å². The van der Waals surface area contributed by atoms with E-state index in [9.17, 15) is 4.79 Å². The van der Waals surface area contributed by atoms with Gasteiger partial charge in [-0.05, 0) is 35.4 Å². The third-order valence-electron chi connectivity index (χ3n) is 4.91. The zero-order chi connectivity index (χ0) is 17.5. The molecule has 1 aliphatic heterocycles. The molecule has 1 aromatic heterocycles.